The van der Waals surface area contributed by atoms with E-state index in [4.69, 9.17) is 0 Å². The lowest BCUT2D eigenvalue weighted by molar-refractivity contribution is -0.118. The van der Waals surface area contributed by atoms with Crippen molar-refractivity contribution < 1.29 is 22.8 Å². The van der Waals surface area contributed by atoms with Crippen LogP contribution < -0.4 is 20.3 Å². The summed E-state index contributed by atoms with van der Waals surface area (Å²) in [7, 11) is -4.03. The zero-order chi connectivity index (χ0) is 27.1. The van der Waals surface area contributed by atoms with E-state index in [1.807, 2.05) is 29.2 Å². The molecule has 4 rings (SSSR count). The number of nitrogens with zero attached hydrogens (tertiary/aromatic N) is 1. The number of amides is 2. The lowest BCUT2D eigenvalue weighted by Crippen LogP contribution is -2.46. The second-order valence-corrected chi connectivity index (χ2v) is 12.0. The van der Waals surface area contributed by atoms with Crippen molar-refractivity contribution in [3.05, 3.63) is 59.7 Å². The molecule has 1 saturated carbocycles. The third kappa shape index (κ3) is 7.20. The average molecular weight is 541 g/mol. The summed E-state index contributed by atoms with van der Waals surface area (Å²) < 4.78 is 27.4. The van der Waals surface area contributed by atoms with Gasteiger partial charge in [0.25, 0.3) is 10.0 Å². The van der Waals surface area contributed by atoms with Crippen molar-refractivity contribution in [3.63, 3.8) is 0 Å². The van der Waals surface area contributed by atoms with Gasteiger partial charge in [0.2, 0.25) is 0 Å². The molecule has 2 aromatic rings. The summed E-state index contributed by atoms with van der Waals surface area (Å²) in [4.78, 5) is 38.7. The first kappa shape index (κ1) is 27.8. The maximum absolute atomic E-state index is 12.7. The molecule has 38 heavy (non-hydrogen) atoms. The number of sulfonamides is 1. The van der Waals surface area contributed by atoms with Gasteiger partial charge in [0.05, 0.1) is 17.6 Å². The Labute approximate surface area is 224 Å². The van der Waals surface area contributed by atoms with Crippen LogP contribution in [0.3, 0.4) is 0 Å². The van der Waals surface area contributed by atoms with Crippen LogP contribution in [0.25, 0.3) is 0 Å². The quantitative estimate of drug-likeness (QED) is 0.395. The third-order valence-corrected chi connectivity index (χ3v) is 8.73. The number of benzene rings is 2. The highest BCUT2D eigenvalue weighted by molar-refractivity contribution is 7.90. The highest BCUT2D eigenvalue weighted by Gasteiger charge is 2.25. The molecule has 204 valence electrons. The first-order valence-electron chi connectivity index (χ1n) is 13.2. The summed E-state index contributed by atoms with van der Waals surface area (Å²) in [5.74, 6) is 0.589. The molecule has 9 nitrogen and oxygen atoms in total. The van der Waals surface area contributed by atoms with Gasteiger partial charge in [-0.25, -0.2) is 17.9 Å². The fraction of sp³-hybridized carbons (Fsp3) is 0.464. The first-order chi connectivity index (χ1) is 18.2. The molecule has 1 aliphatic carbocycles. The van der Waals surface area contributed by atoms with E-state index in [1.165, 1.54) is 12.1 Å². The molecule has 2 aliphatic rings. The molecule has 0 aromatic heterocycles. The molecule has 2 amide bonds. The van der Waals surface area contributed by atoms with Crippen molar-refractivity contribution >= 4 is 33.8 Å². The Morgan fingerprint density at radius 2 is 1.79 bits per heavy atom. The summed E-state index contributed by atoms with van der Waals surface area (Å²) in [6, 6.07) is 12.7. The molecule has 0 bridgehead atoms. The number of Topliss-reactive ketones (excluding diaryl/α,β-unsaturated/α-hetero) is 1. The van der Waals surface area contributed by atoms with Gasteiger partial charge < -0.3 is 15.0 Å². The molecule has 1 fully saturated rings. The van der Waals surface area contributed by atoms with Gasteiger partial charge in [-0.1, -0.05) is 37.3 Å². The molecule has 1 atom stereocenters. The number of fused-ring (bicyclic) bond motifs is 1. The van der Waals surface area contributed by atoms with Crippen LogP contribution in [0.4, 0.5) is 10.5 Å². The fourth-order valence-electron chi connectivity index (χ4n) is 5.14. The summed E-state index contributed by atoms with van der Waals surface area (Å²) >= 11 is 0. The van der Waals surface area contributed by atoms with Gasteiger partial charge in [-0.05, 0) is 67.3 Å². The second kappa shape index (κ2) is 12.5. The lowest BCUT2D eigenvalue weighted by atomic mass is 9.87. The molecular formula is C28H36N4O5S. The van der Waals surface area contributed by atoms with Gasteiger partial charge in [-0.15, -0.1) is 0 Å². The molecule has 0 radical (unpaired) electrons. The standard InChI is InChI=1S/C28H36N4O5S/c1-20-6-10-23(11-7-20)30-28(35)31-38(36,37)26-14-8-21(9-15-26)16-25(34)13-12-24(18-33)32-19-29-17-22-4-2-3-5-27(22)32/h2-5,8-9,14-15,18,20,23-24,29H,6-7,10-13,16-17,19H2,1H3,(H2,30,31,35). The molecule has 1 aliphatic heterocycles. The number of anilines is 1. The van der Waals surface area contributed by atoms with Crippen LogP contribution in [0, 0.1) is 5.92 Å². The summed E-state index contributed by atoms with van der Waals surface area (Å²) in [5, 5.41) is 6.04. The van der Waals surface area contributed by atoms with E-state index >= 15 is 0 Å². The van der Waals surface area contributed by atoms with E-state index in [0.717, 1.165) is 49.8 Å². The summed E-state index contributed by atoms with van der Waals surface area (Å²) in [6.07, 6.45) is 5.34. The normalized spacial score (nSPS) is 20.2. The van der Waals surface area contributed by atoms with Gasteiger partial charge in [0.1, 0.15) is 12.1 Å². The Hall–Kier alpha value is -3.24. The number of hydrogen-bond acceptors (Lipinski definition) is 7. The SMILES string of the molecule is CC1CCC(NC(=O)NS(=O)(=O)c2ccc(CC(=O)CCC(C=O)N3CNCc4ccccc43)cc2)CC1. The monoisotopic (exact) mass is 540 g/mol. The number of hydrogen-bond donors (Lipinski definition) is 3. The van der Waals surface area contributed by atoms with Crippen molar-refractivity contribution in [2.75, 3.05) is 11.6 Å². The molecular weight excluding hydrogens is 504 g/mol. The Morgan fingerprint density at radius 3 is 2.50 bits per heavy atom. The van der Waals surface area contributed by atoms with Gasteiger partial charge in [-0.3, -0.25) is 10.1 Å². The predicted molar refractivity (Wildman–Crippen MR) is 145 cm³/mol. The molecule has 1 heterocycles. The minimum Gasteiger partial charge on any atom is -0.349 e. The van der Waals surface area contributed by atoms with Crippen molar-refractivity contribution in [1.29, 1.82) is 0 Å². The molecule has 10 heteroatoms. The van der Waals surface area contributed by atoms with Crippen molar-refractivity contribution in [2.24, 2.45) is 5.92 Å². The first-order valence-corrected chi connectivity index (χ1v) is 14.7. The van der Waals surface area contributed by atoms with Gasteiger partial charge in [0, 0.05) is 31.1 Å². The predicted octanol–water partition coefficient (Wildman–Crippen LogP) is 3.28. The Bertz CT molecular complexity index is 1240. The zero-order valence-electron chi connectivity index (χ0n) is 21.7. The summed E-state index contributed by atoms with van der Waals surface area (Å²) in [6.45, 7) is 3.45. The van der Waals surface area contributed by atoms with Crippen LogP contribution in [-0.2, 0) is 32.6 Å². The lowest BCUT2D eigenvalue weighted by Gasteiger charge is -2.35. The van der Waals surface area contributed by atoms with Crippen molar-refractivity contribution in [2.45, 2.75) is 75.4 Å². The van der Waals surface area contributed by atoms with E-state index in [9.17, 15) is 22.8 Å². The number of carbonyl (C=O) groups is 3. The third-order valence-electron chi connectivity index (χ3n) is 7.39. The van der Waals surface area contributed by atoms with Crippen LogP contribution >= 0.6 is 0 Å². The number of carbonyl (C=O) groups excluding carboxylic acids is 3. The number of para-hydroxylation sites is 1. The van der Waals surface area contributed by atoms with Gasteiger partial charge in [-0.2, -0.15) is 0 Å². The number of rotatable bonds is 10. The molecule has 0 spiro atoms. The molecule has 1 unspecified atom stereocenters. The maximum atomic E-state index is 12.7. The highest BCUT2D eigenvalue weighted by Crippen LogP contribution is 2.26. The molecule has 2 aromatic carbocycles. The van der Waals surface area contributed by atoms with Crippen molar-refractivity contribution in [3.8, 4) is 0 Å². The number of nitrogens with one attached hydrogen (secondary N) is 3. The topological polar surface area (TPSA) is 125 Å². The Kier molecular flexibility index (Phi) is 9.17. The number of aldehydes is 1. The minimum absolute atomic E-state index is 0.0190. The molecule has 0 saturated heterocycles. The van der Waals surface area contributed by atoms with Crippen LogP contribution in [-0.4, -0.2) is 45.3 Å². The largest absolute Gasteiger partial charge is 0.349 e. The van der Waals surface area contributed by atoms with Crippen LogP contribution in [0.5, 0.6) is 0 Å². The number of ketones is 1. The van der Waals surface area contributed by atoms with Gasteiger partial charge >= 0.3 is 6.03 Å². The van der Waals surface area contributed by atoms with Crippen molar-refractivity contribution in [1.82, 2.24) is 15.4 Å². The highest BCUT2D eigenvalue weighted by atomic mass is 32.2. The van der Waals surface area contributed by atoms with E-state index in [2.05, 4.69) is 22.3 Å². The minimum atomic E-state index is -4.03. The fourth-order valence-corrected chi connectivity index (χ4v) is 6.06. The number of urea groups is 1. The maximum Gasteiger partial charge on any atom is 0.328 e. The summed E-state index contributed by atoms with van der Waals surface area (Å²) in [5.41, 5.74) is 2.79. The average Bonchev–Trinajstić information content (AvgIpc) is 2.90. The second-order valence-electron chi connectivity index (χ2n) is 10.3. The molecule has 3 N–H and O–H groups in total. The Morgan fingerprint density at radius 1 is 1.08 bits per heavy atom. The Balaban J connectivity index is 1.27. The smallest absolute Gasteiger partial charge is 0.328 e. The van der Waals surface area contributed by atoms with Crippen LogP contribution in [0.2, 0.25) is 0 Å². The zero-order valence-corrected chi connectivity index (χ0v) is 22.5. The van der Waals surface area contributed by atoms with E-state index in [0.29, 0.717) is 24.6 Å². The van der Waals surface area contributed by atoms with Crippen LogP contribution in [0.1, 0.15) is 56.6 Å². The van der Waals surface area contributed by atoms with E-state index in [-0.39, 0.29) is 29.6 Å². The van der Waals surface area contributed by atoms with E-state index in [1.54, 1.807) is 12.1 Å². The van der Waals surface area contributed by atoms with E-state index < -0.39 is 22.1 Å². The van der Waals surface area contributed by atoms with Gasteiger partial charge in [0.15, 0.2) is 0 Å². The van der Waals surface area contributed by atoms with Crippen LogP contribution in [0.15, 0.2) is 53.4 Å².